The molecule has 106 valence electrons. The highest BCUT2D eigenvalue weighted by molar-refractivity contribution is 5.37. The second kappa shape index (κ2) is 6.53. The Balaban J connectivity index is 1.83. The summed E-state index contributed by atoms with van der Waals surface area (Å²) in [6, 6.07) is 4.58. The molecule has 0 unspecified atom stereocenters. The van der Waals surface area contributed by atoms with Crippen molar-refractivity contribution in [2.45, 2.75) is 52.6 Å². The van der Waals surface area contributed by atoms with Crippen LogP contribution in [0.2, 0.25) is 0 Å². The molecule has 0 bridgehead atoms. The minimum atomic E-state index is -0.0576. The third kappa shape index (κ3) is 4.05. The van der Waals surface area contributed by atoms with Gasteiger partial charge in [-0.05, 0) is 69.7 Å². The van der Waals surface area contributed by atoms with E-state index in [2.05, 4.69) is 37.8 Å². The number of aliphatic hydroxyl groups excluding tert-OH is 1. The number of aryl methyl sites for hydroxylation is 3. The average molecular weight is 261 g/mol. The highest BCUT2D eigenvalue weighted by Crippen LogP contribution is 2.18. The smallest absolute Gasteiger partial charge is 0.0564 e. The van der Waals surface area contributed by atoms with Crippen LogP contribution in [0.3, 0.4) is 0 Å². The van der Waals surface area contributed by atoms with Gasteiger partial charge in [-0.3, -0.25) is 0 Å². The van der Waals surface area contributed by atoms with E-state index in [1.54, 1.807) is 0 Å². The summed E-state index contributed by atoms with van der Waals surface area (Å²) in [6.07, 6.45) is 4.24. The highest BCUT2D eigenvalue weighted by Gasteiger charge is 2.16. The summed E-state index contributed by atoms with van der Waals surface area (Å²) in [7, 11) is 0. The lowest BCUT2D eigenvalue weighted by Crippen LogP contribution is -2.36. The zero-order valence-electron chi connectivity index (χ0n) is 12.6. The van der Waals surface area contributed by atoms with Gasteiger partial charge in [0.2, 0.25) is 0 Å². The molecule has 0 aliphatic carbocycles. The molecule has 1 aliphatic heterocycles. The molecule has 0 atom stereocenters. The first-order valence-corrected chi connectivity index (χ1v) is 7.53. The molecule has 0 aromatic heterocycles. The third-order valence-corrected chi connectivity index (χ3v) is 4.30. The monoisotopic (exact) mass is 261 g/mol. The summed E-state index contributed by atoms with van der Waals surface area (Å²) < 4.78 is 0. The van der Waals surface area contributed by atoms with E-state index in [4.69, 9.17) is 0 Å². The molecule has 2 nitrogen and oxygen atoms in total. The molecule has 0 radical (unpaired) electrons. The van der Waals surface area contributed by atoms with Crippen molar-refractivity contribution < 1.29 is 5.11 Å². The van der Waals surface area contributed by atoms with Crippen LogP contribution in [0.5, 0.6) is 0 Å². The van der Waals surface area contributed by atoms with Gasteiger partial charge in [0.1, 0.15) is 0 Å². The summed E-state index contributed by atoms with van der Waals surface area (Å²) >= 11 is 0. The molecular formula is C17H27NO. The number of hydrogen-bond donors (Lipinski definition) is 1. The maximum absolute atomic E-state index is 9.50. The van der Waals surface area contributed by atoms with Gasteiger partial charge in [0.15, 0.2) is 0 Å². The maximum Gasteiger partial charge on any atom is 0.0564 e. The molecule has 0 amide bonds. The fraction of sp³-hybridized carbons (Fsp3) is 0.647. The quantitative estimate of drug-likeness (QED) is 0.900. The Labute approximate surface area is 117 Å². The van der Waals surface area contributed by atoms with Crippen molar-refractivity contribution in [3.05, 3.63) is 34.4 Å². The van der Waals surface area contributed by atoms with Gasteiger partial charge in [0, 0.05) is 13.1 Å². The second-order valence-electron chi connectivity index (χ2n) is 6.05. The fourth-order valence-electron chi connectivity index (χ4n) is 3.23. The van der Waals surface area contributed by atoms with Crippen LogP contribution in [0.4, 0.5) is 0 Å². The summed E-state index contributed by atoms with van der Waals surface area (Å²) in [6.45, 7) is 9.92. The van der Waals surface area contributed by atoms with E-state index >= 15 is 0 Å². The highest BCUT2D eigenvalue weighted by atomic mass is 16.3. The maximum atomic E-state index is 9.50. The zero-order valence-corrected chi connectivity index (χ0v) is 12.6. The van der Waals surface area contributed by atoms with Gasteiger partial charge in [0.05, 0.1) is 6.10 Å². The largest absolute Gasteiger partial charge is 0.393 e. The lowest BCUT2D eigenvalue weighted by atomic mass is 9.96. The van der Waals surface area contributed by atoms with Crippen molar-refractivity contribution in [1.82, 2.24) is 4.90 Å². The lowest BCUT2D eigenvalue weighted by Gasteiger charge is -2.29. The Morgan fingerprint density at radius 3 is 2.26 bits per heavy atom. The van der Waals surface area contributed by atoms with Crippen LogP contribution in [0, 0.1) is 20.8 Å². The SMILES string of the molecule is Cc1cc(C)c(CCCN2CCC(O)CC2)c(C)c1. The molecule has 2 rings (SSSR count). The number of benzene rings is 1. The van der Waals surface area contributed by atoms with Crippen LogP contribution < -0.4 is 0 Å². The first-order valence-electron chi connectivity index (χ1n) is 7.53. The van der Waals surface area contributed by atoms with E-state index in [0.29, 0.717) is 0 Å². The summed E-state index contributed by atoms with van der Waals surface area (Å²) in [4.78, 5) is 2.49. The molecule has 19 heavy (non-hydrogen) atoms. The molecule has 1 fully saturated rings. The van der Waals surface area contributed by atoms with Crippen molar-refractivity contribution in [3.63, 3.8) is 0 Å². The Morgan fingerprint density at radius 2 is 1.68 bits per heavy atom. The molecular weight excluding hydrogens is 234 g/mol. The van der Waals surface area contributed by atoms with Crippen LogP contribution in [0.25, 0.3) is 0 Å². The third-order valence-electron chi connectivity index (χ3n) is 4.30. The zero-order chi connectivity index (χ0) is 13.8. The predicted molar refractivity (Wildman–Crippen MR) is 80.7 cm³/mol. The Bertz CT molecular complexity index is 396. The van der Waals surface area contributed by atoms with E-state index < -0.39 is 0 Å². The van der Waals surface area contributed by atoms with Gasteiger partial charge in [-0.15, -0.1) is 0 Å². The Morgan fingerprint density at radius 1 is 1.11 bits per heavy atom. The van der Waals surface area contributed by atoms with Crippen LogP contribution in [-0.4, -0.2) is 35.7 Å². The molecule has 1 N–H and O–H groups in total. The molecule has 0 saturated carbocycles. The van der Waals surface area contributed by atoms with Gasteiger partial charge >= 0.3 is 0 Å². The molecule has 0 spiro atoms. The van der Waals surface area contributed by atoms with Crippen molar-refractivity contribution >= 4 is 0 Å². The molecule has 1 aromatic rings. The van der Waals surface area contributed by atoms with Crippen LogP contribution in [0.15, 0.2) is 12.1 Å². The van der Waals surface area contributed by atoms with Crippen LogP contribution in [-0.2, 0) is 6.42 Å². The molecule has 1 saturated heterocycles. The van der Waals surface area contributed by atoms with Crippen molar-refractivity contribution in [1.29, 1.82) is 0 Å². The minimum Gasteiger partial charge on any atom is -0.393 e. The molecule has 2 heteroatoms. The van der Waals surface area contributed by atoms with Crippen LogP contribution in [0.1, 0.15) is 41.5 Å². The van der Waals surface area contributed by atoms with E-state index in [9.17, 15) is 5.11 Å². The van der Waals surface area contributed by atoms with Crippen molar-refractivity contribution in [2.24, 2.45) is 0 Å². The average Bonchev–Trinajstić information content (AvgIpc) is 2.34. The van der Waals surface area contributed by atoms with Gasteiger partial charge in [-0.2, -0.15) is 0 Å². The number of piperidine rings is 1. The van der Waals surface area contributed by atoms with E-state index in [-0.39, 0.29) is 6.10 Å². The number of rotatable bonds is 4. The van der Waals surface area contributed by atoms with Gasteiger partial charge in [0.25, 0.3) is 0 Å². The van der Waals surface area contributed by atoms with Gasteiger partial charge in [-0.1, -0.05) is 17.7 Å². The first kappa shape index (κ1) is 14.5. The normalized spacial score (nSPS) is 17.9. The summed E-state index contributed by atoms with van der Waals surface area (Å²) in [5.41, 5.74) is 5.77. The number of hydrogen-bond acceptors (Lipinski definition) is 2. The number of aliphatic hydroxyl groups is 1. The van der Waals surface area contributed by atoms with Gasteiger partial charge < -0.3 is 10.0 Å². The molecule has 1 heterocycles. The first-order chi connectivity index (χ1) is 9.06. The van der Waals surface area contributed by atoms with Crippen LogP contribution >= 0.6 is 0 Å². The predicted octanol–water partition coefficient (Wildman–Crippen LogP) is 3.00. The Kier molecular flexibility index (Phi) is 5.00. The fourth-order valence-corrected chi connectivity index (χ4v) is 3.23. The van der Waals surface area contributed by atoms with Gasteiger partial charge in [-0.25, -0.2) is 0 Å². The minimum absolute atomic E-state index is 0.0576. The van der Waals surface area contributed by atoms with E-state index in [1.165, 1.54) is 41.6 Å². The lowest BCUT2D eigenvalue weighted by molar-refractivity contribution is 0.0821. The standard InChI is InChI=1S/C17H27NO/c1-13-11-14(2)17(15(3)12-13)5-4-8-18-9-6-16(19)7-10-18/h11-12,16,19H,4-10H2,1-3H3. The second-order valence-corrected chi connectivity index (χ2v) is 6.05. The van der Waals surface area contributed by atoms with E-state index in [0.717, 1.165) is 25.9 Å². The summed E-state index contributed by atoms with van der Waals surface area (Å²) in [5.74, 6) is 0. The Hall–Kier alpha value is -0.860. The number of likely N-dealkylation sites (tertiary alicyclic amines) is 1. The topological polar surface area (TPSA) is 23.5 Å². The van der Waals surface area contributed by atoms with E-state index in [1.807, 2.05) is 0 Å². The number of nitrogens with zero attached hydrogens (tertiary/aromatic N) is 1. The van der Waals surface area contributed by atoms with Crippen molar-refractivity contribution in [3.8, 4) is 0 Å². The molecule has 1 aliphatic rings. The molecule has 1 aromatic carbocycles. The van der Waals surface area contributed by atoms with Crippen molar-refractivity contribution in [2.75, 3.05) is 19.6 Å². The summed E-state index contributed by atoms with van der Waals surface area (Å²) in [5, 5.41) is 9.50.